The molecule has 1 aliphatic rings. The summed E-state index contributed by atoms with van der Waals surface area (Å²) in [6, 6.07) is 1.44. The zero-order chi connectivity index (χ0) is 10.4. The van der Waals surface area contributed by atoms with E-state index in [0.29, 0.717) is 6.04 Å². The van der Waals surface area contributed by atoms with E-state index in [1.807, 2.05) is 0 Å². The third kappa shape index (κ3) is 5.23. The van der Waals surface area contributed by atoms with E-state index < -0.39 is 0 Å². The maximum Gasteiger partial charge on any atom is 0.0160 e. The molecule has 0 aromatic heterocycles. The van der Waals surface area contributed by atoms with Crippen LogP contribution >= 0.6 is 11.8 Å². The van der Waals surface area contributed by atoms with Gasteiger partial charge in [-0.05, 0) is 52.6 Å². The third-order valence-electron chi connectivity index (χ3n) is 2.69. The van der Waals surface area contributed by atoms with Crippen molar-refractivity contribution in [3.05, 3.63) is 0 Å². The highest BCUT2D eigenvalue weighted by Gasteiger charge is 2.15. The van der Waals surface area contributed by atoms with Crippen LogP contribution in [0.15, 0.2) is 0 Å². The van der Waals surface area contributed by atoms with E-state index in [9.17, 15) is 0 Å². The van der Waals surface area contributed by atoms with Crippen molar-refractivity contribution in [2.45, 2.75) is 38.3 Å². The van der Waals surface area contributed by atoms with Crippen LogP contribution in [0.1, 0.15) is 26.2 Å². The van der Waals surface area contributed by atoms with E-state index in [4.69, 9.17) is 0 Å². The summed E-state index contributed by atoms with van der Waals surface area (Å²) in [5, 5.41) is 3.73. The summed E-state index contributed by atoms with van der Waals surface area (Å²) in [6.07, 6.45) is 4.02. The molecule has 1 heterocycles. The lowest BCUT2D eigenvalue weighted by Gasteiger charge is -2.26. The van der Waals surface area contributed by atoms with Crippen LogP contribution in [-0.2, 0) is 0 Å². The van der Waals surface area contributed by atoms with E-state index >= 15 is 0 Å². The van der Waals surface area contributed by atoms with E-state index in [1.165, 1.54) is 37.3 Å². The molecule has 2 unspecified atom stereocenters. The van der Waals surface area contributed by atoms with Crippen LogP contribution in [-0.4, -0.2) is 49.1 Å². The van der Waals surface area contributed by atoms with Gasteiger partial charge in [0.1, 0.15) is 0 Å². The summed E-state index contributed by atoms with van der Waals surface area (Å²) in [7, 11) is 4.28. The van der Waals surface area contributed by atoms with Gasteiger partial charge in [0.25, 0.3) is 0 Å². The quantitative estimate of drug-likeness (QED) is 0.754. The minimum atomic E-state index is 0.668. The zero-order valence-corrected chi connectivity index (χ0v) is 10.6. The number of nitrogens with zero attached hydrogens (tertiary/aromatic N) is 1. The van der Waals surface area contributed by atoms with Crippen molar-refractivity contribution in [2.24, 2.45) is 0 Å². The standard InChI is InChI=1S/C11H24N2S/c1-10(6-7-13(2)3)12-11-5-4-8-14-9-11/h10-12H,4-9H2,1-3H3. The highest BCUT2D eigenvalue weighted by Crippen LogP contribution is 2.17. The van der Waals surface area contributed by atoms with Crippen LogP contribution in [0.5, 0.6) is 0 Å². The van der Waals surface area contributed by atoms with Gasteiger partial charge in [-0.15, -0.1) is 0 Å². The van der Waals surface area contributed by atoms with Gasteiger partial charge in [-0.25, -0.2) is 0 Å². The zero-order valence-electron chi connectivity index (χ0n) is 9.75. The highest BCUT2D eigenvalue weighted by molar-refractivity contribution is 7.99. The molecule has 0 aromatic carbocycles. The van der Waals surface area contributed by atoms with Crippen LogP contribution < -0.4 is 5.32 Å². The maximum absolute atomic E-state index is 3.73. The second kappa shape index (κ2) is 6.70. The molecule has 2 atom stereocenters. The SMILES string of the molecule is CC(CCN(C)C)NC1CCCSC1. The molecule has 2 nitrogen and oxygen atoms in total. The molecule has 1 fully saturated rings. The molecule has 1 aliphatic heterocycles. The fourth-order valence-electron chi connectivity index (χ4n) is 1.81. The summed E-state index contributed by atoms with van der Waals surface area (Å²) in [5.74, 6) is 2.68. The lowest BCUT2D eigenvalue weighted by molar-refractivity contribution is 0.348. The number of thioether (sulfide) groups is 1. The molecule has 0 bridgehead atoms. The summed E-state index contributed by atoms with van der Waals surface area (Å²) < 4.78 is 0. The van der Waals surface area contributed by atoms with Gasteiger partial charge in [0, 0.05) is 17.8 Å². The van der Waals surface area contributed by atoms with Crippen molar-refractivity contribution in [3.63, 3.8) is 0 Å². The van der Waals surface area contributed by atoms with E-state index in [1.54, 1.807) is 0 Å². The minimum absolute atomic E-state index is 0.668. The summed E-state index contributed by atoms with van der Waals surface area (Å²) >= 11 is 2.10. The Hall–Kier alpha value is 0.270. The molecule has 0 aromatic rings. The smallest absolute Gasteiger partial charge is 0.0160 e. The predicted octanol–water partition coefficient (Wildman–Crippen LogP) is 1.81. The Kier molecular flexibility index (Phi) is 5.90. The van der Waals surface area contributed by atoms with Crippen molar-refractivity contribution in [3.8, 4) is 0 Å². The van der Waals surface area contributed by atoms with Crippen molar-refractivity contribution in [2.75, 3.05) is 32.1 Å². The minimum Gasteiger partial charge on any atom is -0.311 e. The van der Waals surface area contributed by atoms with Crippen molar-refractivity contribution in [1.82, 2.24) is 10.2 Å². The van der Waals surface area contributed by atoms with Crippen molar-refractivity contribution >= 4 is 11.8 Å². The van der Waals surface area contributed by atoms with Crippen LogP contribution in [0.4, 0.5) is 0 Å². The number of nitrogens with one attached hydrogen (secondary N) is 1. The van der Waals surface area contributed by atoms with Crippen LogP contribution in [0, 0.1) is 0 Å². The van der Waals surface area contributed by atoms with Gasteiger partial charge in [0.2, 0.25) is 0 Å². The number of rotatable bonds is 5. The van der Waals surface area contributed by atoms with Gasteiger partial charge in [-0.2, -0.15) is 11.8 Å². The number of hydrogen-bond donors (Lipinski definition) is 1. The fraction of sp³-hybridized carbons (Fsp3) is 1.00. The van der Waals surface area contributed by atoms with Crippen LogP contribution in [0.25, 0.3) is 0 Å². The highest BCUT2D eigenvalue weighted by atomic mass is 32.2. The average Bonchev–Trinajstić information content (AvgIpc) is 2.16. The monoisotopic (exact) mass is 216 g/mol. The Morgan fingerprint density at radius 1 is 1.50 bits per heavy atom. The van der Waals surface area contributed by atoms with Gasteiger partial charge in [0.05, 0.1) is 0 Å². The van der Waals surface area contributed by atoms with Crippen LogP contribution in [0.2, 0.25) is 0 Å². The molecule has 84 valence electrons. The second-order valence-electron chi connectivity index (χ2n) is 4.57. The Morgan fingerprint density at radius 3 is 2.86 bits per heavy atom. The fourth-order valence-corrected chi connectivity index (χ4v) is 2.89. The molecular weight excluding hydrogens is 192 g/mol. The van der Waals surface area contributed by atoms with E-state index in [0.717, 1.165) is 6.04 Å². The number of hydrogen-bond acceptors (Lipinski definition) is 3. The molecule has 1 rings (SSSR count). The van der Waals surface area contributed by atoms with Gasteiger partial charge >= 0.3 is 0 Å². The Bertz CT molecular complexity index is 144. The molecule has 14 heavy (non-hydrogen) atoms. The lowest BCUT2D eigenvalue weighted by atomic mass is 10.1. The van der Waals surface area contributed by atoms with E-state index in [-0.39, 0.29) is 0 Å². The molecule has 0 amide bonds. The molecule has 0 radical (unpaired) electrons. The van der Waals surface area contributed by atoms with Crippen molar-refractivity contribution < 1.29 is 0 Å². The molecule has 0 spiro atoms. The Morgan fingerprint density at radius 2 is 2.29 bits per heavy atom. The first-order valence-electron chi connectivity index (χ1n) is 5.67. The third-order valence-corrected chi connectivity index (χ3v) is 3.91. The second-order valence-corrected chi connectivity index (χ2v) is 5.72. The predicted molar refractivity (Wildman–Crippen MR) is 66.1 cm³/mol. The summed E-state index contributed by atoms with van der Waals surface area (Å²) in [4.78, 5) is 2.26. The molecule has 1 saturated heterocycles. The molecule has 0 aliphatic carbocycles. The van der Waals surface area contributed by atoms with Crippen LogP contribution in [0.3, 0.4) is 0 Å². The van der Waals surface area contributed by atoms with E-state index in [2.05, 4.69) is 43.0 Å². The average molecular weight is 216 g/mol. The molecule has 1 N–H and O–H groups in total. The van der Waals surface area contributed by atoms with Gasteiger partial charge in [-0.3, -0.25) is 0 Å². The Balaban J connectivity index is 2.09. The molecular formula is C11H24N2S. The molecule has 0 saturated carbocycles. The van der Waals surface area contributed by atoms with Gasteiger partial charge in [0.15, 0.2) is 0 Å². The van der Waals surface area contributed by atoms with Crippen molar-refractivity contribution in [1.29, 1.82) is 0 Å². The first kappa shape index (κ1) is 12.3. The normalized spacial score (nSPS) is 25.3. The maximum atomic E-state index is 3.73. The lowest BCUT2D eigenvalue weighted by Crippen LogP contribution is -2.40. The van der Waals surface area contributed by atoms with Gasteiger partial charge < -0.3 is 10.2 Å². The molecule has 3 heteroatoms. The summed E-state index contributed by atoms with van der Waals surface area (Å²) in [6.45, 7) is 3.50. The topological polar surface area (TPSA) is 15.3 Å². The first-order chi connectivity index (χ1) is 6.68. The first-order valence-corrected chi connectivity index (χ1v) is 6.82. The summed E-state index contributed by atoms with van der Waals surface area (Å²) in [5.41, 5.74) is 0. The van der Waals surface area contributed by atoms with Gasteiger partial charge in [-0.1, -0.05) is 0 Å². The Labute approximate surface area is 92.8 Å². The largest absolute Gasteiger partial charge is 0.311 e.